The molecule has 7 heteroatoms. The van der Waals surface area contributed by atoms with Crippen molar-refractivity contribution in [2.45, 2.75) is 20.3 Å². The predicted molar refractivity (Wildman–Crippen MR) is 74.7 cm³/mol. The molecular formula is C12H19N7. The summed E-state index contributed by atoms with van der Waals surface area (Å²) in [5.41, 5.74) is 3.23. The topological polar surface area (TPSA) is 95.8 Å². The zero-order valence-electron chi connectivity index (χ0n) is 11.2. The highest BCUT2D eigenvalue weighted by Crippen LogP contribution is 2.29. The van der Waals surface area contributed by atoms with E-state index in [0.717, 1.165) is 24.3 Å². The molecule has 2 aromatic rings. The quantitative estimate of drug-likeness (QED) is 0.554. The van der Waals surface area contributed by atoms with Crippen LogP contribution in [0, 0.1) is 11.8 Å². The molecule has 2 aromatic heterocycles. The van der Waals surface area contributed by atoms with E-state index < -0.39 is 0 Å². The molecule has 3 rings (SSSR count). The number of hydrogen-bond donors (Lipinski definition) is 3. The van der Waals surface area contributed by atoms with Gasteiger partial charge in [-0.2, -0.15) is 15.1 Å². The molecule has 0 spiro atoms. The highest BCUT2D eigenvalue weighted by atomic mass is 15.3. The third-order valence-corrected chi connectivity index (χ3v) is 3.59. The second kappa shape index (κ2) is 4.65. The number of rotatable bonds is 2. The number of hydrazine groups is 1. The minimum atomic E-state index is 0.414. The van der Waals surface area contributed by atoms with E-state index in [1.807, 2.05) is 0 Å². The number of piperidine rings is 1. The molecule has 1 fully saturated rings. The number of anilines is 2. The Bertz CT molecular complexity index is 568. The van der Waals surface area contributed by atoms with Crippen LogP contribution in [0.25, 0.3) is 11.0 Å². The lowest BCUT2D eigenvalue weighted by Gasteiger charge is -2.36. The fourth-order valence-electron chi connectivity index (χ4n) is 2.96. The monoisotopic (exact) mass is 261 g/mol. The van der Waals surface area contributed by atoms with Crippen LogP contribution in [0.3, 0.4) is 0 Å². The van der Waals surface area contributed by atoms with E-state index in [4.69, 9.17) is 5.84 Å². The van der Waals surface area contributed by atoms with Gasteiger partial charge in [0.05, 0.1) is 11.6 Å². The van der Waals surface area contributed by atoms with Gasteiger partial charge >= 0.3 is 0 Å². The van der Waals surface area contributed by atoms with Crippen LogP contribution in [-0.4, -0.2) is 33.3 Å². The summed E-state index contributed by atoms with van der Waals surface area (Å²) < 4.78 is 0. The molecule has 0 aromatic carbocycles. The molecular weight excluding hydrogens is 242 g/mol. The van der Waals surface area contributed by atoms with Crippen molar-refractivity contribution in [2.75, 3.05) is 23.4 Å². The molecule has 2 atom stereocenters. The van der Waals surface area contributed by atoms with Gasteiger partial charge in [-0.05, 0) is 18.3 Å². The zero-order chi connectivity index (χ0) is 13.4. The number of hydrogen-bond acceptors (Lipinski definition) is 6. The Balaban J connectivity index is 2.05. The Kier molecular flexibility index (Phi) is 2.98. The average molecular weight is 261 g/mol. The summed E-state index contributed by atoms with van der Waals surface area (Å²) in [4.78, 5) is 11.1. The van der Waals surface area contributed by atoms with Crippen molar-refractivity contribution in [3.05, 3.63) is 6.20 Å². The van der Waals surface area contributed by atoms with Crippen LogP contribution in [0.4, 0.5) is 11.8 Å². The van der Waals surface area contributed by atoms with Crippen LogP contribution in [0.1, 0.15) is 20.3 Å². The molecule has 102 valence electrons. The van der Waals surface area contributed by atoms with E-state index in [1.54, 1.807) is 6.20 Å². The molecule has 1 saturated heterocycles. The maximum absolute atomic E-state index is 5.43. The van der Waals surface area contributed by atoms with Gasteiger partial charge < -0.3 is 4.90 Å². The van der Waals surface area contributed by atoms with Crippen molar-refractivity contribution in [1.29, 1.82) is 0 Å². The van der Waals surface area contributed by atoms with E-state index in [0.29, 0.717) is 23.4 Å². The summed E-state index contributed by atoms with van der Waals surface area (Å²) >= 11 is 0. The van der Waals surface area contributed by atoms with Crippen molar-refractivity contribution in [2.24, 2.45) is 17.7 Å². The van der Waals surface area contributed by atoms with Crippen molar-refractivity contribution in [3.63, 3.8) is 0 Å². The number of fused-ring (bicyclic) bond motifs is 1. The van der Waals surface area contributed by atoms with Gasteiger partial charge in [0.2, 0.25) is 5.95 Å². The lowest BCUT2D eigenvalue weighted by Crippen LogP contribution is -2.39. The zero-order valence-corrected chi connectivity index (χ0v) is 11.2. The predicted octanol–water partition coefficient (Wildman–Crippen LogP) is 1.12. The van der Waals surface area contributed by atoms with Crippen LogP contribution in [0.15, 0.2) is 6.20 Å². The third kappa shape index (κ3) is 2.21. The minimum absolute atomic E-state index is 0.414. The number of nitrogens with one attached hydrogen (secondary N) is 2. The normalized spacial score (nSPS) is 23.8. The Labute approximate surface area is 111 Å². The summed E-state index contributed by atoms with van der Waals surface area (Å²) in [7, 11) is 0. The van der Waals surface area contributed by atoms with Crippen LogP contribution in [0.5, 0.6) is 0 Å². The van der Waals surface area contributed by atoms with Gasteiger partial charge in [-0.3, -0.25) is 10.5 Å². The first kappa shape index (κ1) is 12.2. The van der Waals surface area contributed by atoms with Crippen LogP contribution in [0.2, 0.25) is 0 Å². The van der Waals surface area contributed by atoms with Gasteiger partial charge in [-0.1, -0.05) is 13.8 Å². The highest BCUT2D eigenvalue weighted by Gasteiger charge is 2.25. The Morgan fingerprint density at radius 3 is 2.74 bits per heavy atom. The van der Waals surface area contributed by atoms with Gasteiger partial charge in [0.1, 0.15) is 5.82 Å². The molecule has 7 nitrogen and oxygen atoms in total. The molecule has 0 radical (unpaired) electrons. The van der Waals surface area contributed by atoms with Gasteiger partial charge in [0, 0.05) is 13.1 Å². The average Bonchev–Trinajstić information content (AvgIpc) is 2.84. The Hall–Kier alpha value is -1.89. The standard InChI is InChI=1S/C12H19N7/c1-7-3-8(2)6-19(5-7)11-9-4-14-18-10(9)15-12(16-11)17-13/h4,7-8H,3,5-6,13H2,1-2H3,(H2,14,15,16,17,18). The van der Waals surface area contributed by atoms with Crippen molar-refractivity contribution in [1.82, 2.24) is 20.2 Å². The number of aromatic nitrogens is 4. The molecule has 2 unspecified atom stereocenters. The lowest BCUT2D eigenvalue weighted by atomic mass is 9.92. The van der Waals surface area contributed by atoms with E-state index >= 15 is 0 Å². The van der Waals surface area contributed by atoms with E-state index in [1.165, 1.54) is 6.42 Å². The fraction of sp³-hybridized carbons (Fsp3) is 0.583. The summed E-state index contributed by atoms with van der Waals surface area (Å²) in [5, 5.41) is 7.87. The first-order valence-corrected chi connectivity index (χ1v) is 6.60. The molecule has 1 aliphatic heterocycles. The van der Waals surface area contributed by atoms with E-state index in [2.05, 4.69) is 44.3 Å². The lowest BCUT2D eigenvalue weighted by molar-refractivity contribution is 0.356. The largest absolute Gasteiger partial charge is 0.355 e. The molecule has 0 aliphatic carbocycles. The second-order valence-electron chi connectivity index (χ2n) is 5.50. The number of nitrogens with two attached hydrogens (primary N) is 1. The summed E-state index contributed by atoms with van der Waals surface area (Å²) in [6.45, 7) is 6.56. The summed E-state index contributed by atoms with van der Waals surface area (Å²) in [6, 6.07) is 0. The number of nitrogen functional groups attached to an aromatic ring is 1. The van der Waals surface area contributed by atoms with Gasteiger partial charge in [-0.25, -0.2) is 5.84 Å². The van der Waals surface area contributed by atoms with Crippen molar-refractivity contribution in [3.8, 4) is 0 Å². The van der Waals surface area contributed by atoms with E-state index in [9.17, 15) is 0 Å². The van der Waals surface area contributed by atoms with Gasteiger partial charge in [0.15, 0.2) is 5.65 Å². The highest BCUT2D eigenvalue weighted by molar-refractivity contribution is 5.87. The number of H-pyrrole nitrogens is 1. The fourth-order valence-corrected chi connectivity index (χ4v) is 2.96. The summed E-state index contributed by atoms with van der Waals surface area (Å²) in [6.07, 6.45) is 3.03. The van der Waals surface area contributed by atoms with Crippen LogP contribution < -0.4 is 16.2 Å². The Morgan fingerprint density at radius 2 is 2.05 bits per heavy atom. The van der Waals surface area contributed by atoms with Crippen molar-refractivity contribution >= 4 is 22.8 Å². The second-order valence-corrected chi connectivity index (χ2v) is 5.50. The van der Waals surface area contributed by atoms with Crippen LogP contribution in [-0.2, 0) is 0 Å². The molecule has 3 heterocycles. The maximum Gasteiger partial charge on any atom is 0.241 e. The smallest absolute Gasteiger partial charge is 0.241 e. The molecule has 0 bridgehead atoms. The third-order valence-electron chi connectivity index (χ3n) is 3.59. The molecule has 0 amide bonds. The maximum atomic E-state index is 5.43. The summed E-state index contributed by atoms with van der Waals surface area (Å²) in [5.74, 6) is 8.08. The SMILES string of the molecule is CC1CC(C)CN(c2nc(NN)nc3[nH]ncc23)C1. The molecule has 19 heavy (non-hydrogen) atoms. The first-order valence-electron chi connectivity index (χ1n) is 6.60. The van der Waals surface area contributed by atoms with Crippen molar-refractivity contribution < 1.29 is 0 Å². The first-order chi connectivity index (χ1) is 9.17. The Morgan fingerprint density at radius 1 is 1.32 bits per heavy atom. The van der Waals surface area contributed by atoms with E-state index in [-0.39, 0.29) is 0 Å². The van der Waals surface area contributed by atoms with Gasteiger partial charge in [0.25, 0.3) is 0 Å². The molecule has 0 saturated carbocycles. The molecule has 4 N–H and O–H groups in total. The van der Waals surface area contributed by atoms with Gasteiger partial charge in [-0.15, -0.1) is 0 Å². The molecule has 1 aliphatic rings. The number of nitrogens with zero attached hydrogens (tertiary/aromatic N) is 4. The van der Waals surface area contributed by atoms with Crippen LogP contribution >= 0.6 is 0 Å². The number of aromatic amines is 1. The minimum Gasteiger partial charge on any atom is -0.355 e.